The van der Waals surface area contributed by atoms with E-state index in [1.165, 1.54) is 11.3 Å². The lowest BCUT2D eigenvalue weighted by atomic mass is 10.1. The van der Waals surface area contributed by atoms with E-state index in [2.05, 4.69) is 20.6 Å². The first-order valence-electron chi connectivity index (χ1n) is 11.8. The fraction of sp³-hybridized carbons (Fsp3) is 0.500. The van der Waals surface area contributed by atoms with E-state index in [-0.39, 0.29) is 12.6 Å². The number of fused-ring (bicyclic) bond motifs is 1. The van der Waals surface area contributed by atoms with E-state index < -0.39 is 24.2 Å². The number of nitrogens with zero attached hydrogens (tertiary/aromatic N) is 3. The third kappa shape index (κ3) is 5.69. The number of aromatic nitrogens is 3. The van der Waals surface area contributed by atoms with Crippen molar-refractivity contribution in [2.45, 2.75) is 51.4 Å². The molecule has 188 valence electrons. The minimum Gasteiger partial charge on any atom is -0.466 e. The molecule has 10 nitrogen and oxygen atoms in total. The van der Waals surface area contributed by atoms with Crippen LogP contribution >= 0.6 is 11.3 Å². The van der Waals surface area contributed by atoms with Gasteiger partial charge in [-0.1, -0.05) is 12.1 Å². The van der Waals surface area contributed by atoms with E-state index >= 15 is 0 Å². The third-order valence-electron chi connectivity index (χ3n) is 6.10. The Kier molecular flexibility index (Phi) is 8.11. The smallest absolute Gasteiger partial charge is 0.305 e. The van der Waals surface area contributed by atoms with Crippen LogP contribution in [0.2, 0.25) is 0 Å². The zero-order valence-electron chi connectivity index (χ0n) is 19.8. The topological polar surface area (TPSA) is 150 Å². The van der Waals surface area contributed by atoms with Crippen LogP contribution in [0.25, 0.3) is 20.8 Å². The molecular weight excluding hydrogens is 470 g/mol. The van der Waals surface area contributed by atoms with Crippen LogP contribution in [0.1, 0.15) is 31.9 Å². The summed E-state index contributed by atoms with van der Waals surface area (Å²) in [5.74, 6) is 0.203. The number of benzene rings is 1. The first kappa shape index (κ1) is 25.2. The van der Waals surface area contributed by atoms with Crippen LogP contribution in [0, 0.1) is 12.8 Å². The maximum absolute atomic E-state index is 11.6. The van der Waals surface area contributed by atoms with E-state index in [1.807, 2.05) is 31.2 Å². The minimum absolute atomic E-state index is 0.211. The fourth-order valence-electron chi connectivity index (χ4n) is 4.28. The average molecular weight is 502 g/mol. The number of thiazole rings is 1. The number of aliphatic hydroxyl groups is 3. The van der Waals surface area contributed by atoms with Crippen molar-refractivity contribution in [3.63, 3.8) is 0 Å². The van der Waals surface area contributed by atoms with E-state index in [0.717, 1.165) is 20.8 Å². The first-order valence-corrected chi connectivity index (χ1v) is 12.6. The number of ether oxygens (including phenoxy) is 1. The van der Waals surface area contributed by atoms with Gasteiger partial charge >= 0.3 is 5.97 Å². The maximum atomic E-state index is 11.6. The molecular formula is C24H31N5O5S. The van der Waals surface area contributed by atoms with Gasteiger partial charge in [-0.25, -0.2) is 9.97 Å². The number of carbonyl (C=O) groups is 1. The van der Waals surface area contributed by atoms with E-state index in [9.17, 15) is 20.1 Å². The van der Waals surface area contributed by atoms with Crippen LogP contribution in [0.4, 0.5) is 11.8 Å². The third-order valence-corrected chi connectivity index (χ3v) is 7.16. The second kappa shape index (κ2) is 11.3. The van der Waals surface area contributed by atoms with Crippen molar-refractivity contribution < 1.29 is 24.9 Å². The number of anilines is 2. The van der Waals surface area contributed by atoms with Crippen molar-refractivity contribution in [1.29, 1.82) is 0 Å². The lowest BCUT2D eigenvalue weighted by Gasteiger charge is -2.21. The Morgan fingerprint density at radius 2 is 2.00 bits per heavy atom. The molecule has 2 aromatic heterocycles. The molecule has 35 heavy (non-hydrogen) atoms. The highest BCUT2D eigenvalue weighted by Gasteiger charge is 2.41. The Morgan fingerprint density at radius 1 is 1.20 bits per heavy atom. The molecule has 0 spiro atoms. The largest absolute Gasteiger partial charge is 0.466 e. The van der Waals surface area contributed by atoms with Crippen molar-refractivity contribution in [2.24, 2.45) is 5.92 Å². The fourth-order valence-corrected chi connectivity index (χ4v) is 5.35. The van der Waals surface area contributed by atoms with Gasteiger partial charge in [0.2, 0.25) is 5.95 Å². The molecule has 0 amide bonds. The van der Waals surface area contributed by atoms with Gasteiger partial charge in [0.25, 0.3) is 0 Å². The second-order valence-electron chi connectivity index (χ2n) is 8.59. The van der Waals surface area contributed by atoms with Crippen LogP contribution in [-0.4, -0.2) is 74.2 Å². The van der Waals surface area contributed by atoms with Crippen LogP contribution in [0.15, 0.2) is 24.3 Å². The van der Waals surface area contributed by atoms with Gasteiger partial charge in [-0.3, -0.25) is 4.79 Å². The number of nitrogens with one attached hydrogen (secondary N) is 2. The van der Waals surface area contributed by atoms with Gasteiger partial charge < -0.3 is 30.7 Å². The summed E-state index contributed by atoms with van der Waals surface area (Å²) in [7, 11) is 0. The summed E-state index contributed by atoms with van der Waals surface area (Å²) in [5, 5.41) is 37.6. The molecule has 1 saturated carbocycles. The molecule has 0 radical (unpaired) electrons. The van der Waals surface area contributed by atoms with Crippen LogP contribution in [0.3, 0.4) is 0 Å². The van der Waals surface area contributed by atoms with Gasteiger partial charge in [-0.15, -0.1) is 11.3 Å². The molecule has 1 aromatic carbocycles. The summed E-state index contributed by atoms with van der Waals surface area (Å²) in [4.78, 5) is 25.6. The molecule has 0 unspecified atom stereocenters. The van der Waals surface area contributed by atoms with Crippen molar-refractivity contribution in [1.82, 2.24) is 15.0 Å². The lowest BCUT2D eigenvalue weighted by Crippen LogP contribution is -2.35. The molecule has 1 aliphatic rings. The Morgan fingerprint density at radius 3 is 2.71 bits per heavy atom. The number of hydrogen-bond acceptors (Lipinski definition) is 11. The summed E-state index contributed by atoms with van der Waals surface area (Å²) < 4.78 is 5.99. The summed E-state index contributed by atoms with van der Waals surface area (Å²) in [5.41, 5.74) is 2.29. The van der Waals surface area contributed by atoms with Gasteiger partial charge in [0.1, 0.15) is 16.9 Å². The normalized spacial score (nSPS) is 21.9. The van der Waals surface area contributed by atoms with Crippen molar-refractivity contribution >= 4 is 39.3 Å². The number of esters is 1. The number of aryl methyl sites for hydroxylation is 1. The number of hydrogen-bond donors (Lipinski definition) is 5. The Bertz CT molecular complexity index is 1140. The number of carbonyl (C=O) groups excluding carboxylic acids is 1. The predicted octanol–water partition coefficient (Wildman–Crippen LogP) is 2.33. The Hall–Kier alpha value is -2.86. The summed E-state index contributed by atoms with van der Waals surface area (Å²) >= 11 is 1.52. The second-order valence-corrected chi connectivity index (χ2v) is 9.62. The highest BCUT2D eigenvalue weighted by atomic mass is 32.1. The van der Waals surface area contributed by atoms with E-state index in [4.69, 9.17) is 9.72 Å². The number of para-hydroxylation sites is 1. The minimum atomic E-state index is -1.05. The monoisotopic (exact) mass is 501 g/mol. The van der Waals surface area contributed by atoms with Crippen molar-refractivity contribution in [2.75, 3.05) is 30.4 Å². The SMILES string of the molecule is CCOC(=O)CCCNc1nc(C)c(-c2nc3ccccc3s2)c(N[C@@H]2C[C@H](CO)[C@@H](O)[C@H]2O)n1. The standard InChI is InChI=1S/C24H31N5O5S/c1-3-34-18(31)9-6-10-25-24-26-13(2)19(23-28-15-7-4-5-8-17(15)35-23)22(29-24)27-16-11-14(12-30)20(32)21(16)33/h4-5,7-8,14,16,20-21,30,32-33H,3,6,9-12H2,1-2H3,(H2,25,26,27,29)/t14-,16-,20-,21+/m1/s1. The van der Waals surface area contributed by atoms with Gasteiger partial charge in [0.15, 0.2) is 0 Å². The zero-order valence-corrected chi connectivity index (χ0v) is 20.6. The molecule has 2 heterocycles. The predicted molar refractivity (Wildman–Crippen MR) is 134 cm³/mol. The van der Waals surface area contributed by atoms with Gasteiger partial charge in [-0.05, 0) is 38.8 Å². The van der Waals surface area contributed by atoms with E-state index in [1.54, 1.807) is 6.92 Å². The molecule has 0 saturated heterocycles. The van der Waals surface area contributed by atoms with Crippen molar-refractivity contribution in [3.05, 3.63) is 30.0 Å². The Labute approximate surface area is 207 Å². The number of aliphatic hydroxyl groups excluding tert-OH is 3. The summed E-state index contributed by atoms with van der Waals surface area (Å²) in [6, 6.07) is 7.34. The molecule has 4 rings (SSSR count). The maximum Gasteiger partial charge on any atom is 0.305 e. The molecule has 5 N–H and O–H groups in total. The molecule has 11 heteroatoms. The van der Waals surface area contributed by atoms with E-state index in [0.29, 0.717) is 49.9 Å². The van der Waals surface area contributed by atoms with Gasteiger partial charge in [0, 0.05) is 25.5 Å². The van der Waals surface area contributed by atoms with Crippen LogP contribution in [0.5, 0.6) is 0 Å². The number of rotatable bonds is 10. The molecule has 1 aliphatic carbocycles. The summed E-state index contributed by atoms with van der Waals surface area (Å²) in [6.07, 6.45) is -0.819. The highest BCUT2D eigenvalue weighted by Crippen LogP contribution is 2.38. The highest BCUT2D eigenvalue weighted by molar-refractivity contribution is 7.21. The van der Waals surface area contributed by atoms with Crippen LogP contribution in [-0.2, 0) is 9.53 Å². The lowest BCUT2D eigenvalue weighted by molar-refractivity contribution is -0.143. The van der Waals surface area contributed by atoms with Gasteiger partial charge in [0.05, 0.1) is 40.2 Å². The molecule has 3 aromatic rings. The first-order chi connectivity index (χ1) is 16.9. The average Bonchev–Trinajstić information content (AvgIpc) is 3.38. The Balaban J connectivity index is 1.61. The molecule has 1 fully saturated rings. The van der Waals surface area contributed by atoms with Crippen LogP contribution < -0.4 is 10.6 Å². The molecule has 0 bridgehead atoms. The molecule has 0 aliphatic heterocycles. The van der Waals surface area contributed by atoms with Gasteiger partial charge in [-0.2, -0.15) is 4.98 Å². The zero-order chi connectivity index (χ0) is 24.9. The van der Waals surface area contributed by atoms with Crippen molar-refractivity contribution in [3.8, 4) is 10.6 Å². The molecule has 4 atom stereocenters. The summed E-state index contributed by atoms with van der Waals surface area (Å²) in [6.45, 7) is 4.27. The quantitative estimate of drug-likeness (QED) is 0.207.